The minimum atomic E-state index is 0.740. The summed E-state index contributed by atoms with van der Waals surface area (Å²) in [5.41, 5.74) is 2.99. The smallest absolute Gasteiger partial charge is 0.0188 e. The zero-order valence-corrected chi connectivity index (χ0v) is 11.4. The molecule has 0 heteroatoms. The summed E-state index contributed by atoms with van der Waals surface area (Å²) < 4.78 is 0. The van der Waals surface area contributed by atoms with E-state index in [-0.39, 0.29) is 0 Å². The van der Waals surface area contributed by atoms with Gasteiger partial charge in [0.2, 0.25) is 0 Å². The second kappa shape index (κ2) is 6.23. The van der Waals surface area contributed by atoms with E-state index < -0.39 is 0 Å². The molecule has 17 heavy (non-hydrogen) atoms. The van der Waals surface area contributed by atoms with Gasteiger partial charge >= 0.3 is 0 Å². The molecule has 1 aromatic rings. The van der Waals surface area contributed by atoms with Gasteiger partial charge in [-0.15, -0.1) is 0 Å². The second-order valence-corrected chi connectivity index (χ2v) is 5.74. The summed E-state index contributed by atoms with van der Waals surface area (Å²) in [7, 11) is 0. The maximum absolute atomic E-state index is 2.40. The van der Waals surface area contributed by atoms with Crippen molar-refractivity contribution in [1.29, 1.82) is 0 Å². The molecule has 1 aromatic carbocycles. The van der Waals surface area contributed by atoms with Crippen LogP contribution >= 0.6 is 0 Å². The van der Waals surface area contributed by atoms with E-state index >= 15 is 0 Å². The summed E-state index contributed by atoms with van der Waals surface area (Å²) >= 11 is 0. The predicted molar refractivity (Wildman–Crippen MR) is 75.4 cm³/mol. The Kier molecular flexibility index (Phi) is 4.65. The highest BCUT2D eigenvalue weighted by Crippen LogP contribution is 2.32. The molecule has 0 aromatic heterocycles. The van der Waals surface area contributed by atoms with E-state index in [4.69, 9.17) is 0 Å². The summed E-state index contributed by atoms with van der Waals surface area (Å²) in [6.45, 7) is 4.62. The molecule has 2 rings (SSSR count). The van der Waals surface area contributed by atoms with Crippen molar-refractivity contribution in [3.8, 4) is 0 Å². The van der Waals surface area contributed by atoms with E-state index in [0.717, 1.165) is 18.3 Å². The summed E-state index contributed by atoms with van der Waals surface area (Å²) in [5, 5.41) is 0. The Balaban J connectivity index is 1.91. The summed E-state index contributed by atoms with van der Waals surface area (Å²) in [6.07, 6.45) is 9.88. The molecule has 0 radical (unpaired) electrons. The predicted octanol–water partition coefficient (Wildman–Crippen LogP) is 5.32. The van der Waals surface area contributed by atoms with Crippen LogP contribution in [0.15, 0.2) is 24.3 Å². The average Bonchev–Trinajstić information content (AvgIpc) is 2.40. The van der Waals surface area contributed by atoms with Crippen LogP contribution in [-0.2, 0) is 6.42 Å². The molecule has 0 amide bonds. The molecule has 1 atom stereocenters. The molecule has 0 saturated heterocycles. The van der Waals surface area contributed by atoms with Gasteiger partial charge in [-0.05, 0) is 35.8 Å². The van der Waals surface area contributed by atoms with E-state index in [1.54, 1.807) is 0 Å². The monoisotopic (exact) mass is 230 g/mol. The molecule has 0 N–H and O–H groups in total. The minimum absolute atomic E-state index is 0.740. The Morgan fingerprint density at radius 2 is 1.71 bits per heavy atom. The number of hydrogen-bond acceptors (Lipinski definition) is 0. The molecular weight excluding hydrogens is 204 g/mol. The van der Waals surface area contributed by atoms with Crippen molar-refractivity contribution < 1.29 is 0 Å². The van der Waals surface area contributed by atoms with Crippen molar-refractivity contribution in [3.05, 3.63) is 35.4 Å². The minimum Gasteiger partial charge on any atom is -0.0613 e. The van der Waals surface area contributed by atoms with Crippen molar-refractivity contribution in [2.45, 2.75) is 64.7 Å². The summed E-state index contributed by atoms with van der Waals surface area (Å²) in [4.78, 5) is 0. The van der Waals surface area contributed by atoms with E-state index in [0.29, 0.717) is 0 Å². The average molecular weight is 230 g/mol. The van der Waals surface area contributed by atoms with E-state index in [1.165, 1.54) is 49.7 Å². The molecule has 94 valence electrons. The van der Waals surface area contributed by atoms with E-state index in [2.05, 4.69) is 38.1 Å². The van der Waals surface area contributed by atoms with Gasteiger partial charge in [0.1, 0.15) is 0 Å². The van der Waals surface area contributed by atoms with Crippen LogP contribution in [0.2, 0.25) is 0 Å². The maximum atomic E-state index is 2.40. The van der Waals surface area contributed by atoms with Crippen LogP contribution in [0.1, 0.15) is 69.4 Å². The molecule has 0 bridgehead atoms. The Labute approximate surface area is 106 Å². The van der Waals surface area contributed by atoms with Gasteiger partial charge in [-0.3, -0.25) is 0 Å². The van der Waals surface area contributed by atoms with Crippen LogP contribution in [0.3, 0.4) is 0 Å². The summed E-state index contributed by atoms with van der Waals surface area (Å²) in [6, 6.07) is 9.28. The zero-order chi connectivity index (χ0) is 12.1. The van der Waals surface area contributed by atoms with Crippen molar-refractivity contribution >= 4 is 0 Å². The van der Waals surface area contributed by atoms with Gasteiger partial charge in [0.05, 0.1) is 0 Å². The number of rotatable bonds is 4. The van der Waals surface area contributed by atoms with Gasteiger partial charge in [-0.1, -0.05) is 70.2 Å². The first-order valence-electron chi connectivity index (χ1n) is 7.38. The fraction of sp³-hybridized carbons (Fsp3) is 0.647. The highest BCUT2D eigenvalue weighted by Gasteiger charge is 2.17. The molecule has 1 aliphatic carbocycles. The highest BCUT2D eigenvalue weighted by atomic mass is 14.2. The molecule has 1 unspecified atom stereocenters. The number of hydrogen-bond donors (Lipinski definition) is 0. The van der Waals surface area contributed by atoms with Gasteiger partial charge in [-0.2, -0.15) is 0 Å². The quantitative estimate of drug-likeness (QED) is 0.656. The number of aryl methyl sites for hydroxylation is 1. The van der Waals surface area contributed by atoms with Gasteiger partial charge in [0.25, 0.3) is 0 Å². The molecule has 0 nitrogen and oxygen atoms in total. The van der Waals surface area contributed by atoms with Crippen molar-refractivity contribution in [3.63, 3.8) is 0 Å². The van der Waals surface area contributed by atoms with Gasteiger partial charge in [0, 0.05) is 0 Å². The molecule has 1 aliphatic rings. The SMILES string of the molecule is CCc1ccc(C(C)CC2CCCCC2)cc1. The lowest BCUT2D eigenvalue weighted by Gasteiger charge is -2.24. The molecular formula is C17H26. The first-order chi connectivity index (χ1) is 8.29. The number of benzene rings is 1. The van der Waals surface area contributed by atoms with Crippen LogP contribution in [0, 0.1) is 5.92 Å². The Hall–Kier alpha value is -0.780. The zero-order valence-electron chi connectivity index (χ0n) is 11.4. The molecule has 0 spiro atoms. The molecule has 0 heterocycles. The third-order valence-corrected chi connectivity index (χ3v) is 4.37. The molecule has 1 saturated carbocycles. The lowest BCUT2D eigenvalue weighted by atomic mass is 9.81. The van der Waals surface area contributed by atoms with Crippen LogP contribution < -0.4 is 0 Å². The van der Waals surface area contributed by atoms with E-state index in [1.807, 2.05) is 0 Å². The fourth-order valence-corrected chi connectivity index (χ4v) is 3.14. The third-order valence-electron chi connectivity index (χ3n) is 4.37. The standard InChI is InChI=1S/C17H26/c1-3-15-9-11-17(12-10-15)14(2)13-16-7-5-4-6-8-16/h9-12,14,16H,3-8,13H2,1-2H3. The van der Waals surface area contributed by atoms with Crippen LogP contribution in [-0.4, -0.2) is 0 Å². The second-order valence-electron chi connectivity index (χ2n) is 5.74. The lowest BCUT2D eigenvalue weighted by Crippen LogP contribution is -2.09. The van der Waals surface area contributed by atoms with Crippen LogP contribution in [0.25, 0.3) is 0 Å². The van der Waals surface area contributed by atoms with Crippen molar-refractivity contribution in [1.82, 2.24) is 0 Å². The molecule has 0 aliphatic heterocycles. The summed E-state index contributed by atoms with van der Waals surface area (Å²) in [5.74, 6) is 1.73. The Morgan fingerprint density at radius 1 is 1.06 bits per heavy atom. The first-order valence-corrected chi connectivity index (χ1v) is 7.38. The van der Waals surface area contributed by atoms with Crippen molar-refractivity contribution in [2.75, 3.05) is 0 Å². The lowest BCUT2D eigenvalue weighted by molar-refractivity contribution is 0.323. The largest absolute Gasteiger partial charge is 0.0613 e. The van der Waals surface area contributed by atoms with Crippen LogP contribution in [0.5, 0.6) is 0 Å². The van der Waals surface area contributed by atoms with Gasteiger partial charge in [-0.25, -0.2) is 0 Å². The van der Waals surface area contributed by atoms with Gasteiger partial charge < -0.3 is 0 Å². The fourth-order valence-electron chi connectivity index (χ4n) is 3.14. The Bertz CT molecular complexity index is 316. The molecule has 1 fully saturated rings. The van der Waals surface area contributed by atoms with Crippen molar-refractivity contribution in [2.24, 2.45) is 5.92 Å². The maximum Gasteiger partial charge on any atom is -0.0188 e. The highest BCUT2D eigenvalue weighted by molar-refractivity contribution is 5.25. The topological polar surface area (TPSA) is 0 Å². The third kappa shape index (κ3) is 3.59. The Morgan fingerprint density at radius 3 is 2.29 bits per heavy atom. The van der Waals surface area contributed by atoms with E-state index in [9.17, 15) is 0 Å². The first kappa shape index (κ1) is 12.7. The normalized spacial score (nSPS) is 19.2. The van der Waals surface area contributed by atoms with Gasteiger partial charge in [0.15, 0.2) is 0 Å². The van der Waals surface area contributed by atoms with Crippen LogP contribution in [0.4, 0.5) is 0 Å².